The van der Waals surface area contributed by atoms with Crippen LogP contribution >= 0.6 is 0 Å². The maximum absolute atomic E-state index is 6.41. The highest BCUT2D eigenvalue weighted by molar-refractivity contribution is 5.17. The average Bonchev–Trinajstić information content (AvgIpc) is 2.52. The van der Waals surface area contributed by atoms with E-state index >= 15 is 0 Å². The first-order valence-corrected chi connectivity index (χ1v) is 9.11. The average molecular weight is 303 g/mol. The number of hydrogen-bond acceptors (Lipinski definition) is 2. The van der Waals surface area contributed by atoms with Crippen molar-refractivity contribution in [3.63, 3.8) is 0 Å². The second-order valence-electron chi connectivity index (χ2n) is 6.90. The third kappa shape index (κ3) is 4.57. The highest BCUT2D eigenvalue weighted by Crippen LogP contribution is 2.38. The van der Waals surface area contributed by atoms with E-state index in [0.29, 0.717) is 6.04 Å². The van der Waals surface area contributed by atoms with Crippen LogP contribution in [0, 0.1) is 5.92 Å². The Balaban J connectivity index is 2.19. The molecular weight excluding hydrogens is 270 g/mol. The molecule has 2 rings (SSSR count). The molecule has 1 aliphatic rings. The Labute approximate surface area is 136 Å². The largest absolute Gasteiger partial charge is 0.374 e. The minimum absolute atomic E-state index is 0.0113. The Kier molecular flexibility index (Phi) is 6.91. The molecule has 2 heteroatoms. The maximum atomic E-state index is 6.41. The first-order chi connectivity index (χ1) is 10.7. The van der Waals surface area contributed by atoms with Gasteiger partial charge in [0.25, 0.3) is 0 Å². The number of benzene rings is 1. The second-order valence-corrected chi connectivity index (χ2v) is 6.90. The molecule has 1 aromatic carbocycles. The zero-order valence-electron chi connectivity index (χ0n) is 14.6. The van der Waals surface area contributed by atoms with Crippen molar-refractivity contribution >= 4 is 0 Å². The Hall–Kier alpha value is -0.860. The second kappa shape index (κ2) is 8.69. The van der Waals surface area contributed by atoms with Crippen molar-refractivity contribution in [3.05, 3.63) is 35.9 Å². The summed E-state index contributed by atoms with van der Waals surface area (Å²) in [5.41, 5.74) is 1.42. The molecule has 1 aromatic rings. The fraction of sp³-hybridized carbons (Fsp3) is 0.700. The van der Waals surface area contributed by atoms with Crippen molar-refractivity contribution in [2.75, 3.05) is 13.2 Å². The molecule has 0 bridgehead atoms. The van der Waals surface area contributed by atoms with Gasteiger partial charge < -0.3 is 10.1 Å². The predicted molar refractivity (Wildman–Crippen MR) is 94.2 cm³/mol. The summed E-state index contributed by atoms with van der Waals surface area (Å²) in [6.07, 6.45) is 7.26. The van der Waals surface area contributed by atoms with Gasteiger partial charge in [-0.05, 0) is 50.6 Å². The van der Waals surface area contributed by atoms with Crippen molar-refractivity contribution in [1.29, 1.82) is 0 Å². The lowest BCUT2D eigenvalue weighted by atomic mass is 9.73. The minimum atomic E-state index is 0.0113. The van der Waals surface area contributed by atoms with Crippen LogP contribution in [0.1, 0.15) is 58.4 Å². The molecule has 0 saturated heterocycles. The first kappa shape index (κ1) is 17.5. The molecular formula is C20H33NO. The molecule has 1 fully saturated rings. The predicted octanol–water partition coefficient (Wildman–Crippen LogP) is 4.58. The summed E-state index contributed by atoms with van der Waals surface area (Å²) in [6, 6.07) is 11.3. The third-order valence-electron chi connectivity index (χ3n) is 4.98. The van der Waals surface area contributed by atoms with E-state index in [9.17, 15) is 0 Å². The summed E-state index contributed by atoms with van der Waals surface area (Å²) in [7, 11) is 0. The molecule has 124 valence electrons. The van der Waals surface area contributed by atoms with Gasteiger partial charge in [0.05, 0.1) is 5.60 Å². The zero-order valence-corrected chi connectivity index (χ0v) is 14.6. The topological polar surface area (TPSA) is 21.3 Å². The molecule has 0 radical (unpaired) electrons. The Morgan fingerprint density at radius 2 is 2.05 bits per heavy atom. The van der Waals surface area contributed by atoms with Gasteiger partial charge in [0.1, 0.15) is 0 Å². The first-order valence-electron chi connectivity index (χ1n) is 9.11. The van der Waals surface area contributed by atoms with Crippen LogP contribution in [0.15, 0.2) is 30.3 Å². The van der Waals surface area contributed by atoms with E-state index in [1.54, 1.807) is 0 Å². The van der Waals surface area contributed by atoms with Crippen molar-refractivity contribution in [2.24, 2.45) is 5.92 Å². The molecule has 0 amide bonds. The smallest absolute Gasteiger partial charge is 0.0840 e. The Morgan fingerprint density at radius 1 is 1.27 bits per heavy atom. The molecule has 1 aliphatic carbocycles. The summed E-state index contributed by atoms with van der Waals surface area (Å²) in [4.78, 5) is 0. The van der Waals surface area contributed by atoms with Crippen molar-refractivity contribution < 1.29 is 4.74 Å². The Morgan fingerprint density at radius 3 is 2.68 bits per heavy atom. The monoisotopic (exact) mass is 303 g/mol. The van der Waals surface area contributed by atoms with E-state index in [4.69, 9.17) is 4.74 Å². The van der Waals surface area contributed by atoms with Gasteiger partial charge in [-0.15, -0.1) is 0 Å². The van der Waals surface area contributed by atoms with Gasteiger partial charge in [0, 0.05) is 12.6 Å². The van der Waals surface area contributed by atoms with Crippen molar-refractivity contribution in [3.8, 4) is 0 Å². The SMILES string of the molecule is CCCNC(Cc1ccccc1)C1(OCC)CCCC(C)C1. The number of nitrogens with one attached hydrogen (secondary N) is 1. The van der Waals surface area contributed by atoms with Crippen molar-refractivity contribution in [1.82, 2.24) is 5.32 Å². The van der Waals surface area contributed by atoms with Crippen LogP contribution in [0.25, 0.3) is 0 Å². The van der Waals surface area contributed by atoms with Gasteiger partial charge in [-0.25, -0.2) is 0 Å². The molecule has 2 nitrogen and oxygen atoms in total. The summed E-state index contributed by atoms with van der Waals surface area (Å²) < 4.78 is 6.41. The van der Waals surface area contributed by atoms with E-state index in [1.807, 2.05) is 0 Å². The van der Waals surface area contributed by atoms with Crippen LogP contribution in [0.4, 0.5) is 0 Å². The lowest BCUT2D eigenvalue weighted by Crippen LogP contribution is -2.56. The van der Waals surface area contributed by atoms with Gasteiger partial charge in [-0.2, -0.15) is 0 Å². The quantitative estimate of drug-likeness (QED) is 0.759. The fourth-order valence-electron chi connectivity index (χ4n) is 3.99. The van der Waals surface area contributed by atoms with Crippen LogP contribution in [0.2, 0.25) is 0 Å². The van der Waals surface area contributed by atoms with E-state index < -0.39 is 0 Å². The summed E-state index contributed by atoms with van der Waals surface area (Å²) in [5, 5.41) is 3.81. The van der Waals surface area contributed by atoms with Gasteiger partial charge in [0.2, 0.25) is 0 Å². The third-order valence-corrected chi connectivity index (χ3v) is 4.98. The summed E-state index contributed by atoms with van der Waals surface area (Å²) >= 11 is 0. The summed E-state index contributed by atoms with van der Waals surface area (Å²) in [5.74, 6) is 0.766. The van der Waals surface area contributed by atoms with E-state index in [2.05, 4.69) is 56.4 Å². The molecule has 0 heterocycles. The van der Waals surface area contributed by atoms with Gasteiger partial charge in [-0.3, -0.25) is 0 Å². The van der Waals surface area contributed by atoms with E-state index in [-0.39, 0.29) is 5.60 Å². The molecule has 22 heavy (non-hydrogen) atoms. The van der Waals surface area contributed by atoms with Crippen molar-refractivity contribution in [2.45, 2.75) is 70.9 Å². The zero-order chi connectivity index (χ0) is 15.8. The molecule has 0 aromatic heterocycles. The fourth-order valence-corrected chi connectivity index (χ4v) is 3.99. The van der Waals surface area contributed by atoms with Gasteiger partial charge in [0.15, 0.2) is 0 Å². The number of hydrogen-bond donors (Lipinski definition) is 1. The van der Waals surface area contributed by atoms with Crippen LogP contribution in [-0.4, -0.2) is 24.8 Å². The van der Waals surface area contributed by atoms with Gasteiger partial charge in [-0.1, -0.05) is 57.0 Å². The number of rotatable bonds is 8. The van der Waals surface area contributed by atoms with Gasteiger partial charge >= 0.3 is 0 Å². The number of ether oxygens (including phenoxy) is 1. The van der Waals surface area contributed by atoms with Crippen LogP contribution in [0.5, 0.6) is 0 Å². The highest BCUT2D eigenvalue weighted by atomic mass is 16.5. The Bertz CT molecular complexity index is 415. The molecule has 3 atom stereocenters. The van der Waals surface area contributed by atoms with Crippen LogP contribution in [0.3, 0.4) is 0 Å². The van der Waals surface area contributed by atoms with Crippen LogP contribution < -0.4 is 5.32 Å². The molecule has 0 spiro atoms. The normalized spacial score (nSPS) is 26.8. The molecule has 1 saturated carbocycles. The molecule has 3 unspecified atom stereocenters. The van der Waals surface area contributed by atoms with Crippen LogP contribution in [-0.2, 0) is 11.2 Å². The van der Waals surface area contributed by atoms with E-state index in [0.717, 1.165) is 25.5 Å². The lowest BCUT2D eigenvalue weighted by molar-refractivity contribution is -0.100. The lowest BCUT2D eigenvalue weighted by Gasteiger charge is -2.46. The standard InChI is InChI=1S/C20H33NO/c1-4-14-21-19(15-18-11-7-6-8-12-18)20(22-5-2)13-9-10-17(3)16-20/h6-8,11-12,17,19,21H,4-5,9-10,13-16H2,1-3H3. The maximum Gasteiger partial charge on any atom is 0.0840 e. The van der Waals surface area contributed by atoms with E-state index in [1.165, 1.54) is 37.7 Å². The molecule has 0 aliphatic heterocycles. The summed E-state index contributed by atoms with van der Waals surface area (Å²) in [6.45, 7) is 8.64. The molecule has 1 N–H and O–H groups in total. The highest BCUT2D eigenvalue weighted by Gasteiger charge is 2.42. The minimum Gasteiger partial charge on any atom is -0.374 e.